The van der Waals surface area contributed by atoms with E-state index in [1.807, 2.05) is 0 Å². The predicted octanol–water partition coefficient (Wildman–Crippen LogP) is 23.3. The Balaban J connectivity index is 0.897. The minimum atomic E-state index is -0.598. The highest BCUT2D eigenvalue weighted by atomic mass is 15.2. The van der Waals surface area contributed by atoms with Gasteiger partial charge in [0.25, 0.3) is 0 Å². The first kappa shape index (κ1) is 64.5. The number of likely N-dealkylation sites (N-methyl/N-ethyl adjacent to an activating group) is 2. The second-order valence-electron chi connectivity index (χ2n) is 29.8. The van der Waals surface area contributed by atoms with Gasteiger partial charge in [-0.2, -0.15) is 4.58 Å². The Bertz CT molecular complexity index is 5450. The molecule has 13 aromatic rings. The van der Waals surface area contributed by atoms with Crippen LogP contribution < -0.4 is 9.80 Å². The molecule has 0 saturated heterocycles. The molecule has 3 heteroatoms. The fourth-order valence-corrected chi connectivity index (χ4v) is 18.7. The van der Waals surface area contributed by atoms with Crippen molar-refractivity contribution in [2.75, 3.05) is 30.9 Å². The molecule has 0 bridgehead atoms. The van der Waals surface area contributed by atoms with Crippen molar-refractivity contribution in [1.82, 2.24) is 0 Å². The molecule has 0 aliphatic carbocycles. The standard InChI is InChI=1S/C98H88N3/c1-67-61-82(78-50-29-31-52-80(78)91(67)97(63-69-36-15-10-16-37-69,64-70-38-17-11-18-39-70)68(2)35-33-54-87-95(3,4)92-76-48-27-25-44-73(76)57-59-84(92)99(87)7)90(75-46-23-14-24-47-75)83-62-86-94(81-53-32-30-51-79(81)83)98(65-71-40-19-12-20-41-71,66-72-42-21-13-22-43-72)89(101(86)9)56-34-55-88-96(5,6)93-77-49-28-26-45-74(77)58-60-85(93)100(88)8/h10-62,90H,2,63-66H2,1,3-9H3/q+1/b35-33+,87-54+. The Kier molecular flexibility index (Phi) is 16.5. The maximum Gasteiger partial charge on any atom is 0.210 e. The number of rotatable bonds is 17. The van der Waals surface area contributed by atoms with Gasteiger partial charge in [0.15, 0.2) is 5.71 Å². The van der Waals surface area contributed by atoms with Crippen LogP contribution in [0.5, 0.6) is 0 Å². The third-order valence-corrected chi connectivity index (χ3v) is 23.1. The average Bonchev–Trinajstić information content (AvgIpc) is 1.62. The van der Waals surface area contributed by atoms with Crippen LogP contribution >= 0.6 is 0 Å². The van der Waals surface area contributed by atoms with Crippen LogP contribution in [0.2, 0.25) is 0 Å². The van der Waals surface area contributed by atoms with Gasteiger partial charge in [0.05, 0.1) is 5.41 Å². The summed E-state index contributed by atoms with van der Waals surface area (Å²) in [5.74, 6) is -0.169. The predicted molar refractivity (Wildman–Crippen MR) is 429 cm³/mol. The second kappa shape index (κ2) is 25.9. The van der Waals surface area contributed by atoms with Crippen LogP contribution in [-0.2, 0) is 47.3 Å². The average molecular weight is 1310 g/mol. The summed E-state index contributed by atoms with van der Waals surface area (Å²) >= 11 is 0. The molecular weight excluding hydrogens is 1220 g/mol. The first-order valence-corrected chi connectivity index (χ1v) is 36.1. The van der Waals surface area contributed by atoms with Crippen molar-refractivity contribution in [1.29, 1.82) is 0 Å². The molecule has 0 amide bonds. The van der Waals surface area contributed by atoms with E-state index in [4.69, 9.17) is 6.58 Å². The van der Waals surface area contributed by atoms with Crippen molar-refractivity contribution < 1.29 is 4.58 Å². The van der Waals surface area contributed by atoms with Gasteiger partial charge in [0.1, 0.15) is 7.05 Å². The molecule has 494 valence electrons. The van der Waals surface area contributed by atoms with E-state index >= 15 is 0 Å². The summed E-state index contributed by atoms with van der Waals surface area (Å²) in [4.78, 5) is 4.82. The summed E-state index contributed by atoms with van der Waals surface area (Å²) in [5, 5.41) is 10.2. The van der Waals surface area contributed by atoms with Gasteiger partial charge in [-0.05, 0) is 167 Å². The molecule has 101 heavy (non-hydrogen) atoms. The number of allylic oxidation sites excluding steroid dienone is 9. The molecule has 3 nitrogen and oxygen atoms in total. The minimum Gasteiger partial charge on any atom is -0.347 e. The van der Waals surface area contributed by atoms with Gasteiger partial charge >= 0.3 is 0 Å². The third-order valence-electron chi connectivity index (χ3n) is 23.1. The van der Waals surface area contributed by atoms with Gasteiger partial charge in [0, 0.05) is 76.7 Å². The van der Waals surface area contributed by atoms with Crippen molar-refractivity contribution in [3.8, 4) is 0 Å². The summed E-state index contributed by atoms with van der Waals surface area (Å²) in [7, 11) is 6.81. The maximum atomic E-state index is 5.26. The number of hydrogen-bond acceptors (Lipinski definition) is 2. The molecule has 1 atom stereocenters. The fourth-order valence-electron chi connectivity index (χ4n) is 18.7. The van der Waals surface area contributed by atoms with Crippen LogP contribution in [-0.4, -0.2) is 31.4 Å². The molecule has 0 spiro atoms. The van der Waals surface area contributed by atoms with E-state index in [9.17, 15) is 0 Å². The van der Waals surface area contributed by atoms with Gasteiger partial charge in [-0.15, -0.1) is 0 Å². The van der Waals surface area contributed by atoms with Crippen molar-refractivity contribution in [3.05, 3.63) is 412 Å². The number of nitrogens with zero attached hydrogens (tertiary/aromatic N) is 3. The largest absolute Gasteiger partial charge is 0.347 e. The SMILES string of the molecule is C=C(/C=C/C=C1/N(C)c2ccc3ccccc3c2C1(C)C)C(Cc1ccccc1)(Cc1ccccc1)c1c(C)cc(C(c2ccccc2)c2cc3c(c4ccccc24)C(Cc2ccccc2)(Cc2ccccc2)C(/C=C/C=C2/N(C)c4ccc5ccccc5c4C2(C)C)=[N+]3C)c2ccccc12. The van der Waals surface area contributed by atoms with Gasteiger partial charge in [0.2, 0.25) is 5.69 Å². The molecular formula is C98H88N3+. The number of aryl methyl sites for hydroxylation is 1. The Morgan fingerprint density at radius 1 is 0.446 bits per heavy atom. The van der Waals surface area contributed by atoms with Gasteiger partial charge in [-0.1, -0.05) is 319 Å². The van der Waals surface area contributed by atoms with Crippen LogP contribution in [0.25, 0.3) is 43.1 Å². The Morgan fingerprint density at radius 3 is 1.36 bits per heavy atom. The third kappa shape index (κ3) is 11.0. The number of hydrogen-bond donors (Lipinski definition) is 0. The lowest BCUT2D eigenvalue weighted by Crippen LogP contribution is -2.39. The van der Waals surface area contributed by atoms with Crippen molar-refractivity contribution >= 4 is 65.9 Å². The molecule has 3 aliphatic rings. The Morgan fingerprint density at radius 2 is 0.851 bits per heavy atom. The molecule has 1 unspecified atom stereocenters. The zero-order valence-corrected chi connectivity index (χ0v) is 59.6. The zero-order valence-electron chi connectivity index (χ0n) is 59.6. The molecule has 0 aromatic heterocycles. The second-order valence-corrected chi connectivity index (χ2v) is 29.8. The Hall–Kier alpha value is -11.1. The minimum absolute atomic E-state index is 0.169. The summed E-state index contributed by atoms with van der Waals surface area (Å²) < 4.78 is 2.57. The van der Waals surface area contributed by atoms with E-state index < -0.39 is 10.8 Å². The molecule has 3 heterocycles. The summed E-state index contributed by atoms with van der Waals surface area (Å²) in [5.41, 5.74) is 22.7. The summed E-state index contributed by atoms with van der Waals surface area (Å²) in [6, 6.07) is 107. The van der Waals surface area contributed by atoms with Gasteiger partial charge < -0.3 is 9.80 Å². The molecule has 0 fully saturated rings. The van der Waals surface area contributed by atoms with E-state index in [0.29, 0.717) is 0 Å². The number of benzene rings is 13. The molecule has 16 rings (SSSR count). The number of anilines is 2. The van der Waals surface area contributed by atoms with Gasteiger partial charge in [-0.25, -0.2) is 0 Å². The molecule has 0 saturated carbocycles. The number of fused-ring (bicyclic) bond motifs is 10. The van der Waals surface area contributed by atoms with Crippen LogP contribution in [0, 0.1) is 6.92 Å². The normalized spacial score (nSPS) is 16.4. The lowest BCUT2D eigenvalue weighted by atomic mass is 9.63. The van der Waals surface area contributed by atoms with E-state index in [-0.39, 0.29) is 16.7 Å². The van der Waals surface area contributed by atoms with E-state index in [2.05, 4.69) is 392 Å². The lowest BCUT2D eigenvalue weighted by Gasteiger charge is -2.39. The fraction of sp³-hybridized carbons (Fsp3) is 0.173. The summed E-state index contributed by atoms with van der Waals surface area (Å²) in [6.07, 6.45) is 17.3. The lowest BCUT2D eigenvalue weighted by molar-refractivity contribution is -0.401. The molecule has 0 N–H and O–H groups in total. The highest BCUT2D eigenvalue weighted by Gasteiger charge is 2.52. The van der Waals surface area contributed by atoms with Crippen LogP contribution in [0.15, 0.2) is 345 Å². The summed E-state index contributed by atoms with van der Waals surface area (Å²) in [6.45, 7) is 17.2. The van der Waals surface area contributed by atoms with Crippen LogP contribution in [0.1, 0.15) is 100 Å². The topological polar surface area (TPSA) is 9.49 Å². The van der Waals surface area contributed by atoms with Crippen molar-refractivity contribution in [3.63, 3.8) is 0 Å². The first-order valence-electron chi connectivity index (χ1n) is 36.1. The monoisotopic (exact) mass is 1310 g/mol. The molecule has 0 radical (unpaired) electrons. The smallest absolute Gasteiger partial charge is 0.210 e. The van der Waals surface area contributed by atoms with Crippen molar-refractivity contribution in [2.45, 2.75) is 87.9 Å². The molecule has 13 aromatic carbocycles. The van der Waals surface area contributed by atoms with Crippen LogP contribution in [0.3, 0.4) is 0 Å². The van der Waals surface area contributed by atoms with E-state index in [1.165, 1.54) is 144 Å². The van der Waals surface area contributed by atoms with Crippen LogP contribution in [0.4, 0.5) is 17.1 Å². The van der Waals surface area contributed by atoms with E-state index in [1.54, 1.807) is 0 Å². The molecule has 3 aliphatic heterocycles. The highest BCUT2D eigenvalue weighted by Crippen LogP contribution is 2.56. The Labute approximate surface area is 597 Å². The highest BCUT2D eigenvalue weighted by molar-refractivity contribution is 6.10. The first-order chi connectivity index (χ1) is 49.2. The zero-order chi connectivity index (χ0) is 69.2. The maximum absolute atomic E-state index is 5.26. The van der Waals surface area contributed by atoms with Gasteiger partial charge in [-0.3, -0.25) is 0 Å². The van der Waals surface area contributed by atoms with Crippen molar-refractivity contribution in [2.24, 2.45) is 0 Å². The quantitative estimate of drug-likeness (QED) is 0.0511. The van der Waals surface area contributed by atoms with E-state index in [0.717, 1.165) is 31.3 Å².